The molecule has 0 radical (unpaired) electrons. The topological polar surface area (TPSA) is 13.1 Å². The molecule has 8 heavy (non-hydrogen) atoms. The summed E-state index contributed by atoms with van der Waals surface area (Å²) in [6.07, 6.45) is -1.26. The quantitative estimate of drug-likeness (QED) is 0.551. The van der Waals surface area contributed by atoms with Crippen LogP contribution in [0.1, 0.15) is 12.2 Å². The van der Waals surface area contributed by atoms with Crippen molar-refractivity contribution in [1.29, 1.82) is 0 Å². The summed E-state index contributed by atoms with van der Waals surface area (Å²) in [7, 11) is 0. The summed E-state index contributed by atoms with van der Waals surface area (Å²) < 4.78 is 27.4. The van der Waals surface area contributed by atoms with E-state index in [-0.39, 0.29) is 5.76 Å². The molecule has 0 aliphatic rings. The molecule has 1 nitrogen and oxygen atoms in total. The first kappa shape index (κ1) is 5.28. The standard InChI is InChI=1S/C5H4F2O/c6-5(7)4-2-1-3-8-4/h1-3,5H. The van der Waals surface area contributed by atoms with E-state index in [2.05, 4.69) is 4.42 Å². The zero-order valence-electron chi connectivity index (χ0n) is 3.97. The van der Waals surface area contributed by atoms with Gasteiger partial charge in [-0.2, -0.15) is 0 Å². The Kier molecular flexibility index (Phi) is 1.28. The molecule has 1 heterocycles. The van der Waals surface area contributed by atoms with Crippen molar-refractivity contribution >= 4 is 0 Å². The summed E-state index contributed by atoms with van der Waals surface area (Å²) in [6, 6.07) is 2.67. The van der Waals surface area contributed by atoms with Gasteiger partial charge in [-0.25, -0.2) is 8.78 Å². The maximum Gasteiger partial charge on any atom is 0.295 e. The number of halogens is 2. The predicted octanol–water partition coefficient (Wildman–Crippen LogP) is 2.22. The highest BCUT2D eigenvalue weighted by molar-refractivity contribution is 4.98. The zero-order valence-corrected chi connectivity index (χ0v) is 3.97. The molecule has 1 aromatic rings. The highest BCUT2D eigenvalue weighted by Crippen LogP contribution is 2.17. The lowest BCUT2D eigenvalue weighted by Crippen LogP contribution is -1.74. The van der Waals surface area contributed by atoms with Crippen molar-refractivity contribution in [3.63, 3.8) is 0 Å². The molecule has 0 amide bonds. The van der Waals surface area contributed by atoms with Crippen LogP contribution >= 0.6 is 0 Å². The van der Waals surface area contributed by atoms with Crippen molar-refractivity contribution in [3.05, 3.63) is 24.2 Å². The number of rotatable bonds is 1. The Labute approximate surface area is 44.9 Å². The largest absolute Gasteiger partial charge is 0.463 e. The lowest BCUT2D eigenvalue weighted by molar-refractivity contribution is 0.122. The summed E-state index contributed by atoms with van der Waals surface area (Å²) >= 11 is 0. The van der Waals surface area contributed by atoms with Crippen LogP contribution in [0, 0.1) is 0 Å². The van der Waals surface area contributed by atoms with Crippen LogP contribution in [-0.4, -0.2) is 0 Å². The molecule has 0 unspecified atom stereocenters. The minimum absolute atomic E-state index is 0.273. The SMILES string of the molecule is FC(F)c1ccco1. The summed E-state index contributed by atoms with van der Waals surface area (Å²) in [4.78, 5) is 0. The van der Waals surface area contributed by atoms with Crippen LogP contribution in [0.4, 0.5) is 8.78 Å². The Balaban J connectivity index is 2.77. The van der Waals surface area contributed by atoms with E-state index in [0.717, 1.165) is 0 Å². The highest BCUT2D eigenvalue weighted by atomic mass is 19.3. The molecule has 0 saturated carbocycles. The van der Waals surface area contributed by atoms with Gasteiger partial charge in [0.2, 0.25) is 0 Å². The van der Waals surface area contributed by atoms with Crippen molar-refractivity contribution in [2.24, 2.45) is 0 Å². The first-order chi connectivity index (χ1) is 3.80. The van der Waals surface area contributed by atoms with Crippen molar-refractivity contribution in [3.8, 4) is 0 Å². The molecule has 1 aromatic heterocycles. The molecule has 0 fully saturated rings. The summed E-state index contributed by atoms with van der Waals surface area (Å²) in [5.74, 6) is -0.273. The molecule has 0 aromatic carbocycles. The number of hydrogen-bond acceptors (Lipinski definition) is 1. The molecular formula is C5H4F2O. The normalized spacial score (nSPS) is 10.4. The molecule has 3 heteroatoms. The Hall–Kier alpha value is -0.860. The van der Waals surface area contributed by atoms with Crippen LogP contribution in [0.3, 0.4) is 0 Å². The molecule has 0 aliphatic heterocycles. The van der Waals surface area contributed by atoms with E-state index in [0.29, 0.717) is 0 Å². The summed E-state index contributed by atoms with van der Waals surface area (Å²) in [6.45, 7) is 0. The van der Waals surface area contributed by atoms with Gasteiger partial charge in [0, 0.05) is 0 Å². The van der Waals surface area contributed by atoms with Gasteiger partial charge in [-0.05, 0) is 12.1 Å². The van der Waals surface area contributed by atoms with Crippen LogP contribution in [0.15, 0.2) is 22.8 Å². The predicted molar refractivity (Wildman–Crippen MR) is 23.7 cm³/mol. The van der Waals surface area contributed by atoms with Crippen LogP contribution in [0.2, 0.25) is 0 Å². The number of hydrogen-bond donors (Lipinski definition) is 0. The van der Waals surface area contributed by atoms with Gasteiger partial charge >= 0.3 is 0 Å². The van der Waals surface area contributed by atoms with Crippen molar-refractivity contribution in [2.45, 2.75) is 6.43 Å². The molecule has 0 bridgehead atoms. The molecule has 0 aliphatic carbocycles. The van der Waals surface area contributed by atoms with Crippen LogP contribution in [-0.2, 0) is 0 Å². The van der Waals surface area contributed by atoms with Crippen molar-refractivity contribution in [1.82, 2.24) is 0 Å². The average molecular weight is 118 g/mol. The molecule has 0 atom stereocenters. The van der Waals surface area contributed by atoms with Gasteiger partial charge in [0.25, 0.3) is 6.43 Å². The maximum absolute atomic E-state index is 11.5. The van der Waals surface area contributed by atoms with E-state index < -0.39 is 6.43 Å². The first-order valence-electron chi connectivity index (χ1n) is 2.12. The third-order valence-corrected chi connectivity index (χ3v) is 0.758. The molecule has 1 rings (SSSR count). The second-order valence-electron chi connectivity index (χ2n) is 1.32. The van der Waals surface area contributed by atoms with Gasteiger partial charge in [-0.15, -0.1) is 0 Å². The Bertz CT molecular complexity index is 145. The monoisotopic (exact) mass is 118 g/mol. The average Bonchev–Trinajstić information content (AvgIpc) is 2.12. The lowest BCUT2D eigenvalue weighted by Gasteiger charge is -1.87. The zero-order chi connectivity index (χ0) is 5.98. The number of alkyl halides is 2. The van der Waals surface area contributed by atoms with Gasteiger partial charge in [-0.1, -0.05) is 0 Å². The third-order valence-electron chi connectivity index (χ3n) is 0.758. The summed E-state index contributed by atoms with van der Waals surface area (Å²) in [5.41, 5.74) is 0. The molecule has 0 spiro atoms. The fourth-order valence-electron chi connectivity index (χ4n) is 0.415. The molecular weight excluding hydrogens is 114 g/mol. The van der Waals surface area contributed by atoms with Gasteiger partial charge in [0.05, 0.1) is 6.26 Å². The van der Waals surface area contributed by atoms with E-state index >= 15 is 0 Å². The van der Waals surface area contributed by atoms with Gasteiger partial charge in [0.1, 0.15) is 0 Å². The van der Waals surface area contributed by atoms with Gasteiger partial charge in [0.15, 0.2) is 5.76 Å². The minimum atomic E-state index is -2.48. The fourth-order valence-corrected chi connectivity index (χ4v) is 0.415. The van der Waals surface area contributed by atoms with Crippen LogP contribution in [0.5, 0.6) is 0 Å². The van der Waals surface area contributed by atoms with Crippen molar-refractivity contribution < 1.29 is 13.2 Å². The van der Waals surface area contributed by atoms with Gasteiger partial charge in [-0.3, -0.25) is 0 Å². The Morgan fingerprint density at radius 2 is 2.25 bits per heavy atom. The summed E-state index contributed by atoms with van der Waals surface area (Å²) in [5, 5.41) is 0. The Morgan fingerprint density at radius 1 is 1.50 bits per heavy atom. The maximum atomic E-state index is 11.5. The first-order valence-corrected chi connectivity index (χ1v) is 2.12. The van der Waals surface area contributed by atoms with E-state index in [9.17, 15) is 8.78 Å². The second kappa shape index (κ2) is 1.94. The van der Waals surface area contributed by atoms with E-state index in [1.807, 2.05) is 0 Å². The smallest absolute Gasteiger partial charge is 0.295 e. The fraction of sp³-hybridized carbons (Fsp3) is 0.200. The molecule has 0 N–H and O–H groups in total. The molecule has 0 saturated heterocycles. The number of furan rings is 1. The highest BCUT2D eigenvalue weighted by Gasteiger charge is 2.07. The minimum Gasteiger partial charge on any atom is -0.463 e. The lowest BCUT2D eigenvalue weighted by atomic mass is 10.5. The van der Waals surface area contributed by atoms with E-state index in [4.69, 9.17) is 0 Å². The third kappa shape index (κ3) is 0.857. The van der Waals surface area contributed by atoms with Gasteiger partial charge < -0.3 is 4.42 Å². The van der Waals surface area contributed by atoms with E-state index in [1.54, 1.807) is 0 Å². The van der Waals surface area contributed by atoms with Crippen molar-refractivity contribution in [2.75, 3.05) is 0 Å². The van der Waals surface area contributed by atoms with Crippen LogP contribution in [0.25, 0.3) is 0 Å². The molecule has 44 valence electrons. The van der Waals surface area contributed by atoms with E-state index in [1.165, 1.54) is 18.4 Å². The Morgan fingerprint density at radius 3 is 2.50 bits per heavy atom. The second-order valence-corrected chi connectivity index (χ2v) is 1.32. The van der Waals surface area contributed by atoms with Crippen LogP contribution < -0.4 is 0 Å².